The van der Waals surface area contributed by atoms with Crippen LogP contribution in [0.15, 0.2) is 71.6 Å². The Morgan fingerprint density at radius 2 is 2.02 bits per heavy atom. The molecule has 41 heavy (non-hydrogen) atoms. The summed E-state index contributed by atoms with van der Waals surface area (Å²) in [6.45, 7) is 5.58. The SMILES string of the molecule is C=N/C=C(\C=C(/C)N(C)C)c1cnc2n[nH]c(-c3nc4c(-c5cc(F)cc(CNS(C)(=O)=O)c5)cccc4[nH]3)c2c1. The average molecular weight is 573 g/mol. The zero-order valence-corrected chi connectivity index (χ0v) is 23.8. The highest BCUT2D eigenvalue weighted by Gasteiger charge is 2.17. The van der Waals surface area contributed by atoms with Crippen LogP contribution in [0.25, 0.3) is 50.3 Å². The highest BCUT2D eigenvalue weighted by atomic mass is 32.2. The van der Waals surface area contributed by atoms with Crippen molar-refractivity contribution in [2.45, 2.75) is 13.5 Å². The van der Waals surface area contributed by atoms with E-state index in [4.69, 9.17) is 4.98 Å². The number of aromatic nitrogens is 5. The lowest BCUT2D eigenvalue weighted by molar-refractivity contribution is 0.514. The lowest BCUT2D eigenvalue weighted by atomic mass is 10.0. The molecule has 0 bridgehead atoms. The average Bonchev–Trinajstić information content (AvgIpc) is 3.54. The van der Waals surface area contributed by atoms with Crippen LogP contribution in [0.3, 0.4) is 0 Å². The summed E-state index contributed by atoms with van der Waals surface area (Å²) in [5.41, 5.74) is 7.01. The van der Waals surface area contributed by atoms with Crippen molar-refractivity contribution in [1.82, 2.24) is 34.8 Å². The molecule has 5 rings (SSSR count). The highest BCUT2D eigenvalue weighted by molar-refractivity contribution is 7.88. The second-order valence-electron chi connectivity index (χ2n) is 9.87. The Kier molecular flexibility index (Phi) is 7.52. The van der Waals surface area contributed by atoms with Crippen LogP contribution < -0.4 is 4.72 Å². The standard InChI is InChI=1S/C29H29FN8O2S/c1-17(38(3)4)9-20(15-31-2)21-13-24-27(36-37-28(24)32-16-21)29-34-25-8-6-7-23(26(25)35-29)19-10-18(11-22(30)12-19)14-33-41(5,39)40/h6-13,15-16,33H,2,14H2,1,3-5H3,(H,34,35)(H,32,36,37)/b17-9+,20-15+. The largest absolute Gasteiger partial charge is 0.381 e. The smallest absolute Gasteiger partial charge is 0.209 e. The number of nitrogens with one attached hydrogen (secondary N) is 3. The third-order valence-electron chi connectivity index (χ3n) is 6.60. The molecule has 10 nitrogen and oxygen atoms in total. The number of allylic oxidation sites excluding steroid dienone is 3. The molecule has 3 N–H and O–H groups in total. The summed E-state index contributed by atoms with van der Waals surface area (Å²) in [4.78, 5) is 18.7. The lowest BCUT2D eigenvalue weighted by Gasteiger charge is -2.13. The molecule has 3 aromatic heterocycles. The van der Waals surface area contributed by atoms with Crippen LogP contribution in [0, 0.1) is 5.82 Å². The number of fused-ring (bicyclic) bond motifs is 2. The van der Waals surface area contributed by atoms with E-state index in [0.29, 0.717) is 39.4 Å². The van der Waals surface area contributed by atoms with Crippen LogP contribution >= 0.6 is 0 Å². The number of pyridine rings is 1. The molecule has 5 aromatic rings. The number of rotatable bonds is 9. The first-order valence-electron chi connectivity index (χ1n) is 12.6. The van der Waals surface area contributed by atoms with E-state index >= 15 is 0 Å². The Labute approximate surface area is 236 Å². The summed E-state index contributed by atoms with van der Waals surface area (Å²) in [5, 5.41) is 8.17. The molecule has 0 atom stereocenters. The molecule has 0 aliphatic rings. The first kappa shape index (κ1) is 27.9. The van der Waals surface area contributed by atoms with Crippen LogP contribution in [0.2, 0.25) is 0 Å². The van der Waals surface area contributed by atoms with E-state index in [9.17, 15) is 12.8 Å². The van der Waals surface area contributed by atoms with Gasteiger partial charge in [0.25, 0.3) is 0 Å². The molecule has 0 spiro atoms. The fourth-order valence-corrected chi connectivity index (χ4v) is 4.82. The van der Waals surface area contributed by atoms with Gasteiger partial charge in [0.2, 0.25) is 10.0 Å². The quantitative estimate of drug-likeness (QED) is 0.171. The first-order chi connectivity index (χ1) is 19.5. The van der Waals surface area contributed by atoms with Crippen LogP contribution in [0.5, 0.6) is 0 Å². The van der Waals surface area contributed by atoms with Crippen molar-refractivity contribution in [2.24, 2.45) is 4.99 Å². The minimum Gasteiger partial charge on any atom is -0.381 e. The second-order valence-corrected chi connectivity index (χ2v) is 11.7. The summed E-state index contributed by atoms with van der Waals surface area (Å²) in [6, 6.07) is 12.0. The predicted octanol–water partition coefficient (Wildman–Crippen LogP) is 4.86. The van der Waals surface area contributed by atoms with Crippen molar-refractivity contribution in [1.29, 1.82) is 0 Å². The van der Waals surface area contributed by atoms with Gasteiger partial charge in [-0.05, 0) is 61.2 Å². The van der Waals surface area contributed by atoms with Gasteiger partial charge in [-0.15, -0.1) is 0 Å². The number of hydrogen-bond donors (Lipinski definition) is 3. The molecule has 0 unspecified atom stereocenters. The third kappa shape index (κ3) is 6.08. The Balaban J connectivity index is 1.58. The number of sulfonamides is 1. The summed E-state index contributed by atoms with van der Waals surface area (Å²) in [6.07, 6.45) is 6.48. The number of imidazole rings is 1. The van der Waals surface area contributed by atoms with Gasteiger partial charge in [-0.1, -0.05) is 12.1 Å². The lowest BCUT2D eigenvalue weighted by Crippen LogP contribution is -2.21. The maximum atomic E-state index is 14.6. The van der Waals surface area contributed by atoms with Gasteiger partial charge in [0, 0.05) is 55.4 Å². The van der Waals surface area contributed by atoms with Crippen molar-refractivity contribution in [3.8, 4) is 22.6 Å². The summed E-state index contributed by atoms with van der Waals surface area (Å²) in [7, 11) is 0.501. The Morgan fingerprint density at radius 3 is 2.76 bits per heavy atom. The Hall–Kier alpha value is -4.68. The molecule has 0 amide bonds. The molecule has 0 fully saturated rings. The van der Waals surface area contributed by atoms with Gasteiger partial charge >= 0.3 is 0 Å². The van der Waals surface area contributed by atoms with Gasteiger partial charge in [0.1, 0.15) is 11.5 Å². The molecule has 0 radical (unpaired) electrons. The van der Waals surface area contributed by atoms with Gasteiger partial charge in [-0.2, -0.15) is 5.10 Å². The van der Waals surface area contributed by atoms with Crippen molar-refractivity contribution in [2.75, 3.05) is 20.4 Å². The Bertz CT molecular complexity index is 1950. The zero-order chi connectivity index (χ0) is 29.3. The molecule has 0 aliphatic heterocycles. The maximum Gasteiger partial charge on any atom is 0.209 e. The third-order valence-corrected chi connectivity index (χ3v) is 7.27. The summed E-state index contributed by atoms with van der Waals surface area (Å²) in [5.74, 6) is 0.0619. The highest BCUT2D eigenvalue weighted by Crippen LogP contribution is 2.33. The zero-order valence-electron chi connectivity index (χ0n) is 23.0. The molecule has 0 saturated carbocycles. The number of aromatic amines is 2. The molecular formula is C29H29FN8O2S. The van der Waals surface area contributed by atoms with E-state index in [-0.39, 0.29) is 6.54 Å². The molecule has 12 heteroatoms. The van der Waals surface area contributed by atoms with Crippen LogP contribution in [0.4, 0.5) is 4.39 Å². The van der Waals surface area contributed by atoms with Crippen molar-refractivity contribution in [3.05, 3.63) is 83.6 Å². The van der Waals surface area contributed by atoms with E-state index in [1.165, 1.54) is 12.1 Å². The predicted molar refractivity (Wildman–Crippen MR) is 161 cm³/mol. The molecule has 210 valence electrons. The van der Waals surface area contributed by atoms with Gasteiger partial charge in [0.15, 0.2) is 11.5 Å². The normalized spacial score (nSPS) is 12.8. The van der Waals surface area contributed by atoms with E-state index in [2.05, 4.69) is 36.6 Å². The van der Waals surface area contributed by atoms with E-state index in [1.807, 2.05) is 56.3 Å². The number of aliphatic imine (C=N–C) groups is 1. The number of halogens is 1. The minimum atomic E-state index is -3.43. The fraction of sp³-hybridized carbons (Fsp3) is 0.172. The van der Waals surface area contributed by atoms with Gasteiger partial charge < -0.3 is 9.88 Å². The molecule has 2 aromatic carbocycles. The maximum absolute atomic E-state index is 14.6. The summed E-state index contributed by atoms with van der Waals surface area (Å²) >= 11 is 0. The van der Waals surface area contributed by atoms with Crippen LogP contribution in [-0.2, 0) is 16.6 Å². The fourth-order valence-electron chi connectivity index (χ4n) is 4.39. The number of hydrogen-bond acceptors (Lipinski definition) is 7. The topological polar surface area (TPSA) is 132 Å². The number of benzene rings is 2. The van der Waals surface area contributed by atoms with Gasteiger partial charge in [0.05, 0.1) is 22.7 Å². The molecule has 0 saturated heterocycles. The van der Waals surface area contributed by atoms with Crippen LogP contribution in [-0.4, -0.2) is 65.5 Å². The van der Waals surface area contributed by atoms with Gasteiger partial charge in [-0.25, -0.2) is 27.5 Å². The van der Waals surface area contributed by atoms with E-state index in [0.717, 1.165) is 34.0 Å². The van der Waals surface area contributed by atoms with Crippen molar-refractivity contribution in [3.63, 3.8) is 0 Å². The monoisotopic (exact) mass is 572 g/mol. The number of nitrogens with zero attached hydrogens (tertiary/aromatic N) is 5. The van der Waals surface area contributed by atoms with Crippen molar-refractivity contribution >= 4 is 44.4 Å². The number of H-pyrrole nitrogens is 2. The Morgan fingerprint density at radius 1 is 1.22 bits per heavy atom. The molecular weight excluding hydrogens is 543 g/mol. The van der Waals surface area contributed by atoms with Gasteiger partial charge in [-0.3, -0.25) is 10.1 Å². The minimum absolute atomic E-state index is 0.0259. The number of para-hydroxylation sites is 1. The molecule has 0 aliphatic carbocycles. The van der Waals surface area contributed by atoms with E-state index < -0.39 is 15.8 Å². The second kappa shape index (κ2) is 11.1. The van der Waals surface area contributed by atoms with E-state index in [1.54, 1.807) is 18.5 Å². The van der Waals surface area contributed by atoms with Crippen molar-refractivity contribution < 1.29 is 12.8 Å². The molecule has 3 heterocycles. The summed E-state index contributed by atoms with van der Waals surface area (Å²) < 4.78 is 40.1. The first-order valence-corrected chi connectivity index (χ1v) is 14.5. The van der Waals surface area contributed by atoms with Crippen LogP contribution in [0.1, 0.15) is 18.1 Å².